The third kappa shape index (κ3) is 3.01. The highest BCUT2D eigenvalue weighted by Gasteiger charge is 2.34. The molecule has 0 amide bonds. The van der Waals surface area contributed by atoms with E-state index < -0.39 is 9.84 Å². The van der Waals surface area contributed by atoms with Gasteiger partial charge in [-0.15, -0.1) is 0 Å². The summed E-state index contributed by atoms with van der Waals surface area (Å²) in [6.07, 6.45) is 4.37. The topological polar surface area (TPSA) is 60.2 Å². The molecule has 1 saturated carbocycles. The summed E-state index contributed by atoms with van der Waals surface area (Å²) >= 11 is 6.26. The molecule has 126 valence electrons. The minimum Gasteiger partial charge on any atom is -0.439 e. The number of halogens is 1. The molecule has 0 spiro atoms. The van der Waals surface area contributed by atoms with Crippen molar-refractivity contribution >= 4 is 32.5 Å². The second kappa shape index (κ2) is 5.78. The van der Waals surface area contributed by atoms with Crippen LogP contribution in [0, 0.1) is 0 Å². The number of aromatic nitrogens is 1. The lowest BCUT2D eigenvalue weighted by Crippen LogP contribution is -2.24. The molecule has 4 nitrogen and oxygen atoms in total. The number of oxazole rings is 1. The van der Waals surface area contributed by atoms with Gasteiger partial charge in [-0.3, -0.25) is 0 Å². The highest BCUT2D eigenvalue weighted by Crippen LogP contribution is 2.38. The Morgan fingerprint density at radius 1 is 1.17 bits per heavy atom. The van der Waals surface area contributed by atoms with Crippen molar-refractivity contribution in [2.45, 2.75) is 68.4 Å². The van der Waals surface area contributed by atoms with Gasteiger partial charge >= 0.3 is 0 Å². The summed E-state index contributed by atoms with van der Waals surface area (Å²) in [6.45, 7) is 5.94. The lowest BCUT2D eigenvalue weighted by Gasteiger charge is -2.22. The predicted molar refractivity (Wildman–Crippen MR) is 91.8 cm³/mol. The summed E-state index contributed by atoms with van der Waals surface area (Å²) in [6, 6.07) is 3.32. The van der Waals surface area contributed by atoms with E-state index in [1.807, 2.05) is 20.8 Å². The largest absolute Gasteiger partial charge is 0.439 e. The summed E-state index contributed by atoms with van der Waals surface area (Å²) in [5.41, 5.74) is 0.555. The first-order valence-electron chi connectivity index (χ1n) is 8.04. The Kier molecular flexibility index (Phi) is 4.21. The molecule has 1 fully saturated rings. The zero-order chi connectivity index (χ0) is 16.8. The molecule has 23 heavy (non-hydrogen) atoms. The summed E-state index contributed by atoms with van der Waals surface area (Å²) in [4.78, 5) is 4.57. The maximum atomic E-state index is 13.1. The average molecular weight is 356 g/mol. The van der Waals surface area contributed by atoms with Gasteiger partial charge in [0.15, 0.2) is 15.4 Å². The molecule has 1 aromatic carbocycles. The van der Waals surface area contributed by atoms with Gasteiger partial charge in [-0.25, -0.2) is 13.4 Å². The summed E-state index contributed by atoms with van der Waals surface area (Å²) in [5, 5.41) is -0.151. The highest BCUT2D eigenvalue weighted by molar-refractivity contribution is 7.92. The van der Waals surface area contributed by atoms with Crippen molar-refractivity contribution in [2.24, 2.45) is 0 Å². The highest BCUT2D eigenvalue weighted by atomic mass is 35.5. The van der Waals surface area contributed by atoms with Crippen LogP contribution in [0.4, 0.5) is 0 Å². The van der Waals surface area contributed by atoms with Crippen molar-refractivity contribution in [3.8, 4) is 0 Å². The fourth-order valence-corrected chi connectivity index (χ4v) is 5.58. The first-order valence-corrected chi connectivity index (χ1v) is 9.97. The van der Waals surface area contributed by atoms with E-state index in [0.717, 1.165) is 19.3 Å². The van der Waals surface area contributed by atoms with Crippen molar-refractivity contribution in [3.63, 3.8) is 0 Å². The standard InChI is InChI=1S/C17H22ClNO3S/c1-17(2,3)16-19-13-10-9-12(18)15(14(13)22-16)23(20,21)11-7-5-4-6-8-11/h9-11H,4-8H2,1-3H3. The molecule has 1 aliphatic carbocycles. The van der Waals surface area contributed by atoms with Crippen molar-refractivity contribution in [1.29, 1.82) is 0 Å². The van der Waals surface area contributed by atoms with Crippen LogP contribution in [0.1, 0.15) is 58.8 Å². The maximum Gasteiger partial charge on any atom is 0.200 e. The van der Waals surface area contributed by atoms with Crippen LogP contribution in [0.3, 0.4) is 0 Å². The maximum absolute atomic E-state index is 13.1. The molecule has 0 aliphatic heterocycles. The number of fused-ring (bicyclic) bond motifs is 1. The zero-order valence-electron chi connectivity index (χ0n) is 13.7. The second-order valence-corrected chi connectivity index (χ2v) is 9.87. The van der Waals surface area contributed by atoms with Crippen LogP contribution in [0.2, 0.25) is 5.02 Å². The molecule has 0 unspecified atom stereocenters. The van der Waals surface area contributed by atoms with Crippen LogP contribution in [0.25, 0.3) is 11.1 Å². The number of benzene rings is 1. The fraction of sp³-hybridized carbons (Fsp3) is 0.588. The Bertz CT molecular complexity index is 827. The molecule has 0 N–H and O–H groups in total. The van der Waals surface area contributed by atoms with Gasteiger partial charge in [0, 0.05) is 5.41 Å². The Balaban J connectivity index is 2.19. The van der Waals surface area contributed by atoms with E-state index in [-0.39, 0.29) is 20.6 Å². The Hall–Kier alpha value is -1.07. The van der Waals surface area contributed by atoms with Crippen LogP contribution in [-0.2, 0) is 15.3 Å². The normalized spacial score (nSPS) is 17.7. The van der Waals surface area contributed by atoms with Gasteiger partial charge in [-0.2, -0.15) is 0 Å². The molecular formula is C17H22ClNO3S. The van der Waals surface area contributed by atoms with E-state index >= 15 is 0 Å². The summed E-state index contributed by atoms with van der Waals surface area (Å²) in [7, 11) is -3.52. The van der Waals surface area contributed by atoms with Gasteiger partial charge in [0.05, 0.1) is 10.3 Å². The van der Waals surface area contributed by atoms with Crippen LogP contribution in [0.15, 0.2) is 21.4 Å². The van der Waals surface area contributed by atoms with Gasteiger partial charge in [0.25, 0.3) is 0 Å². The monoisotopic (exact) mass is 355 g/mol. The molecule has 6 heteroatoms. The number of nitrogens with zero attached hydrogens (tertiary/aromatic N) is 1. The first-order chi connectivity index (χ1) is 10.7. The van der Waals surface area contributed by atoms with Gasteiger partial charge < -0.3 is 4.42 Å². The van der Waals surface area contributed by atoms with E-state index in [1.165, 1.54) is 0 Å². The Labute approximate surface area is 142 Å². The number of hydrogen-bond donors (Lipinski definition) is 0. The van der Waals surface area contributed by atoms with E-state index in [1.54, 1.807) is 12.1 Å². The SMILES string of the molecule is CC(C)(C)c1nc2ccc(Cl)c(S(=O)(=O)C3CCCCC3)c2o1. The molecule has 0 saturated heterocycles. The van der Waals surface area contributed by atoms with Gasteiger partial charge in [-0.05, 0) is 25.0 Å². The van der Waals surface area contributed by atoms with Crippen LogP contribution < -0.4 is 0 Å². The molecule has 0 bridgehead atoms. The van der Waals surface area contributed by atoms with Gasteiger partial charge in [0.1, 0.15) is 10.4 Å². The van der Waals surface area contributed by atoms with E-state index in [0.29, 0.717) is 29.8 Å². The smallest absolute Gasteiger partial charge is 0.200 e. The predicted octanol–water partition coefficient (Wildman–Crippen LogP) is 4.89. The molecule has 1 heterocycles. The first kappa shape index (κ1) is 16.8. The van der Waals surface area contributed by atoms with Crippen molar-refractivity contribution in [3.05, 3.63) is 23.0 Å². The lowest BCUT2D eigenvalue weighted by atomic mass is 9.97. The van der Waals surface area contributed by atoms with Crippen molar-refractivity contribution < 1.29 is 12.8 Å². The molecule has 3 rings (SSSR count). The van der Waals surface area contributed by atoms with Crippen LogP contribution in [0.5, 0.6) is 0 Å². The van der Waals surface area contributed by atoms with E-state index in [9.17, 15) is 8.42 Å². The van der Waals surface area contributed by atoms with Crippen molar-refractivity contribution in [2.75, 3.05) is 0 Å². The van der Waals surface area contributed by atoms with Gasteiger partial charge in [0.2, 0.25) is 5.89 Å². The third-order valence-corrected chi connectivity index (χ3v) is 7.13. The van der Waals surface area contributed by atoms with Crippen LogP contribution >= 0.6 is 11.6 Å². The number of hydrogen-bond acceptors (Lipinski definition) is 4. The molecular weight excluding hydrogens is 334 g/mol. The summed E-state index contributed by atoms with van der Waals surface area (Å²) < 4.78 is 32.1. The quantitative estimate of drug-likeness (QED) is 0.769. The fourth-order valence-electron chi connectivity index (χ4n) is 3.07. The molecule has 1 aliphatic rings. The number of sulfone groups is 1. The minimum atomic E-state index is -3.52. The summed E-state index contributed by atoms with van der Waals surface area (Å²) in [5.74, 6) is 0.523. The van der Waals surface area contributed by atoms with Crippen molar-refractivity contribution in [1.82, 2.24) is 4.98 Å². The van der Waals surface area contributed by atoms with Gasteiger partial charge in [-0.1, -0.05) is 51.6 Å². The molecule has 2 aromatic rings. The lowest BCUT2D eigenvalue weighted by molar-refractivity contribution is 0.408. The van der Waals surface area contributed by atoms with Crippen LogP contribution in [-0.4, -0.2) is 18.7 Å². The molecule has 0 atom stereocenters. The third-order valence-electron chi connectivity index (χ3n) is 4.38. The Morgan fingerprint density at radius 2 is 1.83 bits per heavy atom. The average Bonchev–Trinajstić information content (AvgIpc) is 2.91. The van der Waals surface area contributed by atoms with E-state index in [4.69, 9.17) is 16.0 Å². The number of rotatable bonds is 2. The van der Waals surface area contributed by atoms with E-state index in [2.05, 4.69) is 4.98 Å². The second-order valence-electron chi connectivity index (χ2n) is 7.30. The minimum absolute atomic E-state index is 0.117. The Morgan fingerprint density at radius 3 is 2.43 bits per heavy atom. The molecule has 1 aromatic heterocycles. The molecule has 0 radical (unpaired) electrons. The zero-order valence-corrected chi connectivity index (χ0v) is 15.3.